The van der Waals surface area contributed by atoms with Gasteiger partial charge in [0, 0.05) is 18.0 Å². The molecule has 1 amide bonds. The van der Waals surface area contributed by atoms with E-state index < -0.39 is 0 Å². The second kappa shape index (κ2) is 6.93. The molecule has 5 atom stereocenters. The molecule has 2 saturated carbocycles. The van der Waals surface area contributed by atoms with Crippen LogP contribution in [0.25, 0.3) is 0 Å². The first-order valence-corrected chi connectivity index (χ1v) is 8.55. The van der Waals surface area contributed by atoms with Crippen molar-refractivity contribution in [2.24, 2.45) is 29.4 Å². The molecule has 0 bridgehead atoms. The van der Waals surface area contributed by atoms with Gasteiger partial charge in [-0.1, -0.05) is 33.6 Å². The monoisotopic (exact) mass is 280 g/mol. The van der Waals surface area contributed by atoms with E-state index in [2.05, 4.69) is 26.1 Å². The quantitative estimate of drug-likeness (QED) is 0.834. The van der Waals surface area contributed by atoms with Gasteiger partial charge in [0.1, 0.15) is 0 Å². The number of nitrogens with two attached hydrogens (primary N) is 1. The molecule has 0 aromatic carbocycles. The molecule has 0 aliphatic heterocycles. The summed E-state index contributed by atoms with van der Waals surface area (Å²) in [7, 11) is 0. The fourth-order valence-electron chi connectivity index (χ4n) is 4.03. The standard InChI is InChI=1S/C17H32N2O/c1-11(2)14-6-4-5-7-16(14)19-17(20)13-9-8-12(3)15(18)10-13/h11-16H,4-10,18H2,1-3H3,(H,19,20). The Labute approximate surface area is 124 Å². The van der Waals surface area contributed by atoms with Crippen LogP contribution in [0.15, 0.2) is 0 Å². The molecule has 0 heterocycles. The summed E-state index contributed by atoms with van der Waals surface area (Å²) in [6.45, 7) is 6.77. The van der Waals surface area contributed by atoms with E-state index in [4.69, 9.17) is 5.73 Å². The molecule has 20 heavy (non-hydrogen) atoms. The van der Waals surface area contributed by atoms with Gasteiger partial charge in [0.15, 0.2) is 0 Å². The average molecular weight is 280 g/mol. The second-order valence-corrected chi connectivity index (χ2v) is 7.46. The molecule has 0 aromatic heterocycles. The Kier molecular flexibility index (Phi) is 5.48. The van der Waals surface area contributed by atoms with Crippen LogP contribution < -0.4 is 11.1 Å². The molecule has 0 aromatic rings. The van der Waals surface area contributed by atoms with Crippen molar-refractivity contribution in [3.05, 3.63) is 0 Å². The molecule has 2 aliphatic rings. The minimum Gasteiger partial charge on any atom is -0.353 e. The Balaban J connectivity index is 1.89. The van der Waals surface area contributed by atoms with Gasteiger partial charge in [-0.15, -0.1) is 0 Å². The third-order valence-corrected chi connectivity index (χ3v) is 5.63. The van der Waals surface area contributed by atoms with Crippen LogP contribution in [-0.4, -0.2) is 18.0 Å². The van der Waals surface area contributed by atoms with Crippen LogP contribution in [0.1, 0.15) is 65.7 Å². The fraction of sp³-hybridized carbons (Fsp3) is 0.941. The van der Waals surface area contributed by atoms with Crippen molar-refractivity contribution in [1.82, 2.24) is 5.32 Å². The van der Waals surface area contributed by atoms with Crippen LogP contribution in [0.3, 0.4) is 0 Å². The first-order valence-electron chi connectivity index (χ1n) is 8.55. The normalized spacial score (nSPS) is 38.8. The number of amides is 1. The van der Waals surface area contributed by atoms with Gasteiger partial charge in [0.25, 0.3) is 0 Å². The maximum atomic E-state index is 12.5. The smallest absolute Gasteiger partial charge is 0.223 e. The Morgan fingerprint density at radius 1 is 1.15 bits per heavy atom. The van der Waals surface area contributed by atoms with Crippen LogP contribution >= 0.6 is 0 Å². The summed E-state index contributed by atoms with van der Waals surface area (Å²) in [5.74, 6) is 2.30. The summed E-state index contributed by atoms with van der Waals surface area (Å²) in [6.07, 6.45) is 7.98. The van der Waals surface area contributed by atoms with Gasteiger partial charge < -0.3 is 11.1 Å². The zero-order valence-corrected chi connectivity index (χ0v) is 13.4. The van der Waals surface area contributed by atoms with E-state index >= 15 is 0 Å². The topological polar surface area (TPSA) is 55.1 Å². The van der Waals surface area contributed by atoms with Crippen molar-refractivity contribution in [2.45, 2.75) is 77.8 Å². The molecule has 2 aliphatic carbocycles. The highest BCUT2D eigenvalue weighted by molar-refractivity contribution is 5.79. The number of hydrogen-bond donors (Lipinski definition) is 2. The predicted molar refractivity (Wildman–Crippen MR) is 83.2 cm³/mol. The summed E-state index contributed by atoms with van der Waals surface area (Å²) >= 11 is 0. The molecule has 0 radical (unpaired) electrons. The predicted octanol–water partition coefficient (Wildman–Crippen LogP) is 3.08. The van der Waals surface area contributed by atoms with Crippen LogP contribution in [0.4, 0.5) is 0 Å². The van der Waals surface area contributed by atoms with Gasteiger partial charge in [0.05, 0.1) is 0 Å². The van der Waals surface area contributed by atoms with Crippen molar-refractivity contribution >= 4 is 5.91 Å². The Morgan fingerprint density at radius 3 is 2.50 bits per heavy atom. The lowest BCUT2D eigenvalue weighted by atomic mass is 9.76. The van der Waals surface area contributed by atoms with E-state index in [0.717, 1.165) is 25.7 Å². The van der Waals surface area contributed by atoms with Crippen molar-refractivity contribution in [3.8, 4) is 0 Å². The van der Waals surface area contributed by atoms with Gasteiger partial charge in [0.2, 0.25) is 5.91 Å². The molecule has 3 N–H and O–H groups in total. The lowest BCUT2D eigenvalue weighted by Gasteiger charge is -2.37. The van der Waals surface area contributed by atoms with Crippen LogP contribution in [-0.2, 0) is 4.79 Å². The number of carbonyl (C=O) groups is 1. The molecule has 3 nitrogen and oxygen atoms in total. The van der Waals surface area contributed by atoms with Gasteiger partial charge >= 0.3 is 0 Å². The summed E-state index contributed by atoms with van der Waals surface area (Å²) < 4.78 is 0. The van der Waals surface area contributed by atoms with Crippen LogP contribution in [0.5, 0.6) is 0 Å². The lowest BCUT2D eigenvalue weighted by Crippen LogP contribution is -2.48. The molecular weight excluding hydrogens is 248 g/mol. The summed E-state index contributed by atoms with van der Waals surface area (Å²) in [5, 5.41) is 3.36. The van der Waals surface area contributed by atoms with Crippen LogP contribution in [0.2, 0.25) is 0 Å². The van der Waals surface area contributed by atoms with Gasteiger partial charge in [-0.25, -0.2) is 0 Å². The average Bonchev–Trinajstić information content (AvgIpc) is 2.42. The van der Waals surface area contributed by atoms with E-state index in [1.165, 1.54) is 19.3 Å². The molecule has 0 spiro atoms. The van der Waals surface area contributed by atoms with Gasteiger partial charge in [-0.05, 0) is 49.9 Å². The summed E-state index contributed by atoms with van der Waals surface area (Å²) in [6, 6.07) is 0.596. The maximum Gasteiger partial charge on any atom is 0.223 e. The van der Waals surface area contributed by atoms with E-state index in [-0.39, 0.29) is 17.9 Å². The zero-order valence-electron chi connectivity index (χ0n) is 13.4. The second-order valence-electron chi connectivity index (χ2n) is 7.46. The third-order valence-electron chi connectivity index (χ3n) is 5.63. The van der Waals surface area contributed by atoms with Crippen molar-refractivity contribution < 1.29 is 4.79 Å². The van der Waals surface area contributed by atoms with Crippen molar-refractivity contribution in [2.75, 3.05) is 0 Å². The number of hydrogen-bond acceptors (Lipinski definition) is 2. The van der Waals surface area contributed by atoms with Gasteiger partial charge in [-0.2, -0.15) is 0 Å². The molecular formula is C17H32N2O. The van der Waals surface area contributed by atoms with E-state index in [1.54, 1.807) is 0 Å². The molecule has 5 unspecified atom stereocenters. The Morgan fingerprint density at radius 2 is 1.85 bits per heavy atom. The first-order chi connectivity index (χ1) is 9.49. The summed E-state index contributed by atoms with van der Waals surface area (Å²) in [5.41, 5.74) is 6.14. The lowest BCUT2D eigenvalue weighted by molar-refractivity contribution is -0.127. The third kappa shape index (κ3) is 3.75. The van der Waals surface area contributed by atoms with E-state index in [0.29, 0.717) is 23.8 Å². The molecule has 3 heteroatoms. The molecule has 0 saturated heterocycles. The molecule has 2 fully saturated rings. The first kappa shape index (κ1) is 15.8. The van der Waals surface area contributed by atoms with Gasteiger partial charge in [-0.3, -0.25) is 4.79 Å². The highest BCUT2D eigenvalue weighted by Crippen LogP contribution is 2.32. The Hall–Kier alpha value is -0.570. The van der Waals surface area contributed by atoms with Crippen LogP contribution in [0, 0.1) is 23.7 Å². The highest BCUT2D eigenvalue weighted by atomic mass is 16.1. The largest absolute Gasteiger partial charge is 0.353 e. The Bertz CT molecular complexity index is 329. The number of rotatable bonds is 3. The fourth-order valence-corrected chi connectivity index (χ4v) is 4.03. The van der Waals surface area contributed by atoms with E-state index in [9.17, 15) is 4.79 Å². The summed E-state index contributed by atoms with van der Waals surface area (Å²) in [4.78, 5) is 12.5. The molecule has 116 valence electrons. The molecule has 2 rings (SSSR count). The van der Waals surface area contributed by atoms with Crippen molar-refractivity contribution in [3.63, 3.8) is 0 Å². The SMILES string of the molecule is CC(C)C1CCCCC1NC(=O)C1CCC(C)C(N)C1. The zero-order chi connectivity index (χ0) is 14.7. The minimum atomic E-state index is 0.149. The number of nitrogens with one attached hydrogen (secondary N) is 1. The maximum absolute atomic E-state index is 12.5. The minimum absolute atomic E-state index is 0.149. The number of carbonyl (C=O) groups excluding carboxylic acids is 1. The van der Waals surface area contributed by atoms with E-state index in [1.807, 2.05) is 0 Å². The van der Waals surface area contributed by atoms with Crippen molar-refractivity contribution in [1.29, 1.82) is 0 Å². The highest BCUT2D eigenvalue weighted by Gasteiger charge is 2.33.